The molecule has 0 saturated carbocycles. The van der Waals surface area contributed by atoms with Crippen molar-refractivity contribution in [3.8, 4) is 5.75 Å². The summed E-state index contributed by atoms with van der Waals surface area (Å²) in [5, 5.41) is 4.12. The molecule has 1 amide bonds. The van der Waals surface area contributed by atoms with E-state index in [0.29, 0.717) is 21.4 Å². The summed E-state index contributed by atoms with van der Waals surface area (Å²) in [5.74, 6) is 0.943. The number of thiophene rings is 1. The molecule has 8 heteroatoms. The number of anilines is 1. The minimum atomic E-state index is -0.253. The van der Waals surface area contributed by atoms with Crippen molar-refractivity contribution in [1.82, 2.24) is 0 Å². The Balaban J connectivity index is 0.00000280. The molecule has 0 aliphatic rings. The number of fused-ring (bicyclic) bond motifs is 1. The zero-order valence-electron chi connectivity index (χ0n) is 15.7. The molecule has 0 fully saturated rings. The van der Waals surface area contributed by atoms with Crippen LogP contribution in [0.25, 0.3) is 10.1 Å². The molecule has 3 rings (SSSR count). The van der Waals surface area contributed by atoms with E-state index in [9.17, 15) is 4.79 Å². The van der Waals surface area contributed by atoms with E-state index in [-0.39, 0.29) is 24.4 Å². The quantitative estimate of drug-likeness (QED) is 0.416. The van der Waals surface area contributed by atoms with Gasteiger partial charge in [0.25, 0.3) is 5.91 Å². The predicted octanol–water partition coefficient (Wildman–Crippen LogP) is 5.35. The number of nitrogens with one attached hydrogen (secondary N) is 1. The molecule has 0 radical (unpaired) electrons. The molecule has 0 bridgehead atoms. The van der Waals surface area contributed by atoms with Gasteiger partial charge in [0.1, 0.15) is 16.5 Å². The van der Waals surface area contributed by atoms with Crippen LogP contribution in [0.1, 0.15) is 29.1 Å². The van der Waals surface area contributed by atoms with E-state index >= 15 is 0 Å². The van der Waals surface area contributed by atoms with Gasteiger partial charge in [0.05, 0.1) is 12.1 Å². The standard InChI is InChI=1S/C20H20ClN3O2S.ClH/c1-11(2)23-19(22)12-4-9-15-16(10-12)27-18(17(15)21)20(25)24-13-5-7-14(26-3)8-6-13;/h4-11H,1-3H3,(H2,22,23)(H,24,25);1H. The molecule has 0 unspecified atom stereocenters. The van der Waals surface area contributed by atoms with Gasteiger partial charge in [-0.1, -0.05) is 23.7 Å². The first-order valence-electron chi connectivity index (χ1n) is 8.40. The highest BCUT2D eigenvalue weighted by atomic mass is 35.5. The van der Waals surface area contributed by atoms with E-state index < -0.39 is 0 Å². The van der Waals surface area contributed by atoms with Crippen LogP contribution in [0.15, 0.2) is 47.5 Å². The number of carbonyl (C=O) groups excluding carboxylic acids is 1. The molecule has 5 nitrogen and oxygen atoms in total. The number of ether oxygens (including phenoxy) is 1. The van der Waals surface area contributed by atoms with E-state index in [1.165, 1.54) is 11.3 Å². The summed E-state index contributed by atoms with van der Waals surface area (Å²) in [4.78, 5) is 17.5. The Labute approximate surface area is 179 Å². The topological polar surface area (TPSA) is 76.7 Å². The molecule has 2 aromatic carbocycles. The van der Waals surface area contributed by atoms with Gasteiger partial charge in [0.15, 0.2) is 0 Å². The van der Waals surface area contributed by atoms with E-state index in [4.69, 9.17) is 22.1 Å². The molecule has 28 heavy (non-hydrogen) atoms. The first-order valence-corrected chi connectivity index (χ1v) is 9.59. The molecule has 0 aliphatic carbocycles. The molecular formula is C20H21Cl2N3O2S. The van der Waals surface area contributed by atoms with Gasteiger partial charge in [-0.25, -0.2) is 0 Å². The lowest BCUT2D eigenvalue weighted by Gasteiger charge is -2.05. The fourth-order valence-corrected chi connectivity index (χ4v) is 4.04. The van der Waals surface area contributed by atoms with Crippen molar-refractivity contribution >= 4 is 62.9 Å². The zero-order valence-corrected chi connectivity index (χ0v) is 18.0. The van der Waals surface area contributed by atoms with E-state index in [1.54, 1.807) is 31.4 Å². The summed E-state index contributed by atoms with van der Waals surface area (Å²) in [6, 6.07) is 12.9. The molecule has 0 atom stereocenters. The molecule has 0 saturated heterocycles. The average Bonchev–Trinajstić information content (AvgIpc) is 2.98. The van der Waals surface area contributed by atoms with Gasteiger partial charge in [-0.2, -0.15) is 0 Å². The summed E-state index contributed by atoms with van der Waals surface area (Å²) in [6.07, 6.45) is 0. The monoisotopic (exact) mass is 437 g/mol. The van der Waals surface area contributed by atoms with Gasteiger partial charge in [-0.15, -0.1) is 23.7 Å². The van der Waals surface area contributed by atoms with Gasteiger partial charge in [-0.05, 0) is 44.2 Å². The smallest absolute Gasteiger partial charge is 0.267 e. The van der Waals surface area contributed by atoms with Crippen LogP contribution in [0.5, 0.6) is 5.75 Å². The Morgan fingerprint density at radius 2 is 1.89 bits per heavy atom. The summed E-state index contributed by atoms with van der Waals surface area (Å²) >= 11 is 7.78. The second-order valence-electron chi connectivity index (χ2n) is 6.25. The summed E-state index contributed by atoms with van der Waals surface area (Å²) in [6.45, 7) is 3.93. The van der Waals surface area contributed by atoms with Crippen LogP contribution < -0.4 is 15.8 Å². The van der Waals surface area contributed by atoms with Crippen LogP contribution in [0, 0.1) is 0 Å². The van der Waals surface area contributed by atoms with Gasteiger partial charge in [0.2, 0.25) is 0 Å². The third-order valence-electron chi connectivity index (χ3n) is 3.88. The highest BCUT2D eigenvalue weighted by Gasteiger charge is 2.18. The predicted molar refractivity (Wildman–Crippen MR) is 121 cm³/mol. The number of benzene rings is 2. The van der Waals surface area contributed by atoms with Crippen molar-refractivity contribution < 1.29 is 9.53 Å². The van der Waals surface area contributed by atoms with Crippen molar-refractivity contribution in [3.05, 3.63) is 57.9 Å². The minimum absolute atomic E-state index is 0. The number of methoxy groups -OCH3 is 1. The maximum absolute atomic E-state index is 12.7. The normalized spacial score (nSPS) is 11.4. The Morgan fingerprint density at radius 3 is 2.50 bits per heavy atom. The van der Waals surface area contributed by atoms with E-state index in [1.807, 2.05) is 32.0 Å². The van der Waals surface area contributed by atoms with Gasteiger partial charge in [-0.3, -0.25) is 9.79 Å². The van der Waals surface area contributed by atoms with Crippen molar-refractivity contribution in [2.24, 2.45) is 10.7 Å². The molecule has 1 heterocycles. The van der Waals surface area contributed by atoms with Crippen molar-refractivity contribution in [3.63, 3.8) is 0 Å². The molecule has 0 spiro atoms. The van der Waals surface area contributed by atoms with Crippen LogP contribution in [0.4, 0.5) is 5.69 Å². The summed E-state index contributed by atoms with van der Waals surface area (Å²) < 4.78 is 6.01. The van der Waals surface area contributed by atoms with Crippen LogP contribution >= 0.6 is 35.3 Å². The number of nitrogens with two attached hydrogens (primary N) is 1. The maximum Gasteiger partial charge on any atom is 0.267 e. The molecule has 1 aromatic heterocycles. The SMILES string of the molecule is COc1ccc(NC(=O)c2sc3cc(C(N)=NC(C)C)ccc3c2Cl)cc1.Cl. The Morgan fingerprint density at radius 1 is 1.21 bits per heavy atom. The lowest BCUT2D eigenvalue weighted by atomic mass is 10.1. The number of hydrogen-bond donors (Lipinski definition) is 2. The molecule has 3 N–H and O–H groups in total. The lowest BCUT2D eigenvalue weighted by Crippen LogP contribution is -2.15. The van der Waals surface area contributed by atoms with Crippen LogP contribution in [-0.4, -0.2) is 24.9 Å². The fraction of sp³-hybridized carbons (Fsp3) is 0.200. The average molecular weight is 438 g/mol. The Bertz CT molecular complexity index is 1010. The number of carbonyl (C=O) groups is 1. The number of aliphatic imine (C=N–C) groups is 1. The Hall–Kier alpha value is -2.28. The first-order chi connectivity index (χ1) is 12.9. The van der Waals surface area contributed by atoms with Crippen LogP contribution in [0.2, 0.25) is 5.02 Å². The number of nitrogens with zero attached hydrogens (tertiary/aromatic N) is 1. The number of amides is 1. The number of rotatable bonds is 5. The number of hydrogen-bond acceptors (Lipinski definition) is 4. The third-order valence-corrected chi connectivity index (χ3v) is 5.53. The van der Waals surface area contributed by atoms with Gasteiger partial charge in [0, 0.05) is 27.4 Å². The molecule has 3 aromatic rings. The lowest BCUT2D eigenvalue weighted by molar-refractivity contribution is 0.103. The zero-order chi connectivity index (χ0) is 19.6. The van der Waals surface area contributed by atoms with E-state index in [2.05, 4.69) is 10.3 Å². The highest BCUT2D eigenvalue weighted by Crippen LogP contribution is 2.36. The van der Waals surface area contributed by atoms with Gasteiger partial charge < -0.3 is 15.8 Å². The second-order valence-corrected chi connectivity index (χ2v) is 7.68. The Kier molecular flexibility index (Phi) is 7.29. The largest absolute Gasteiger partial charge is 0.497 e. The minimum Gasteiger partial charge on any atom is -0.497 e. The second kappa shape index (κ2) is 9.28. The highest BCUT2D eigenvalue weighted by molar-refractivity contribution is 7.21. The van der Waals surface area contributed by atoms with Gasteiger partial charge >= 0.3 is 0 Å². The number of halogens is 2. The molecular weight excluding hydrogens is 417 g/mol. The van der Waals surface area contributed by atoms with Crippen molar-refractivity contribution in [2.45, 2.75) is 19.9 Å². The molecule has 148 valence electrons. The van der Waals surface area contributed by atoms with Crippen molar-refractivity contribution in [2.75, 3.05) is 12.4 Å². The van der Waals surface area contributed by atoms with Crippen LogP contribution in [0.3, 0.4) is 0 Å². The first kappa shape index (κ1) is 22.0. The van der Waals surface area contributed by atoms with Crippen LogP contribution in [-0.2, 0) is 0 Å². The molecule has 0 aliphatic heterocycles. The third kappa shape index (κ3) is 4.76. The maximum atomic E-state index is 12.7. The summed E-state index contributed by atoms with van der Waals surface area (Å²) in [5.41, 5.74) is 7.54. The summed E-state index contributed by atoms with van der Waals surface area (Å²) in [7, 11) is 1.59. The van der Waals surface area contributed by atoms with E-state index in [0.717, 1.165) is 21.4 Å². The van der Waals surface area contributed by atoms with Crippen molar-refractivity contribution in [1.29, 1.82) is 0 Å². The number of amidine groups is 1. The fourth-order valence-electron chi connectivity index (χ4n) is 2.59.